The maximum atomic E-state index is 14.5. The number of nitrogens with zero attached hydrogens (tertiary/aromatic N) is 2. The zero-order valence-electron chi connectivity index (χ0n) is 22.8. The molecular weight excluding hydrogens is 566 g/mol. The maximum absolute atomic E-state index is 14.5. The van der Waals surface area contributed by atoms with Crippen molar-refractivity contribution < 1.29 is 43.5 Å². The number of para-hydroxylation sites is 1. The van der Waals surface area contributed by atoms with E-state index >= 15 is 0 Å². The second kappa shape index (κ2) is 10.8. The second-order valence-electron chi connectivity index (χ2n) is 9.83. The molecule has 1 saturated heterocycles. The van der Waals surface area contributed by atoms with E-state index in [0.29, 0.717) is 0 Å². The molecule has 2 N–H and O–H groups in total. The number of hydrogen-bond donors (Lipinski definition) is 2. The lowest BCUT2D eigenvalue weighted by atomic mass is 9.68. The topological polar surface area (TPSA) is 197 Å². The number of hydrogen-bond acceptors (Lipinski definition) is 12. The fourth-order valence-corrected chi connectivity index (χ4v) is 5.88. The van der Waals surface area contributed by atoms with Gasteiger partial charge in [-0.3, -0.25) is 30.3 Å². The van der Waals surface area contributed by atoms with Crippen molar-refractivity contribution in [3.05, 3.63) is 104 Å². The number of fused-ring (bicyclic) bond motifs is 1. The van der Waals surface area contributed by atoms with Crippen LogP contribution in [0.1, 0.15) is 47.3 Å². The summed E-state index contributed by atoms with van der Waals surface area (Å²) in [5, 5.41) is 37.0. The van der Waals surface area contributed by atoms with E-state index in [9.17, 15) is 39.7 Å². The predicted octanol–water partition coefficient (Wildman–Crippen LogP) is 3.52. The van der Waals surface area contributed by atoms with Gasteiger partial charge in [0.2, 0.25) is 16.9 Å². The molecule has 1 spiro atoms. The standard InChI is InChI=1S/C29H25N3O11/c1-3-41-26(35)28(27(36)42-4-2)23(16-9-11-17(12-10-16)31(37)38)29(25(34)19-7-5-6-8-22(19)43-29)24(30-28)20-15-18(32(39)40)13-14-21(20)33/h5-15,23-24,30,33H,3-4H2,1-2H3/t23-,24-,29-/m1/s1. The van der Waals surface area contributed by atoms with Crippen LogP contribution in [0.2, 0.25) is 0 Å². The molecule has 5 rings (SSSR count). The molecule has 14 heteroatoms. The van der Waals surface area contributed by atoms with Crippen LogP contribution in [0, 0.1) is 20.2 Å². The Hall–Kier alpha value is -5.37. The zero-order chi connectivity index (χ0) is 31.1. The number of ether oxygens (including phenoxy) is 3. The van der Waals surface area contributed by atoms with E-state index in [4.69, 9.17) is 14.2 Å². The van der Waals surface area contributed by atoms with Crippen LogP contribution in [0.3, 0.4) is 0 Å². The minimum absolute atomic E-state index is 0.0767. The first-order valence-corrected chi connectivity index (χ1v) is 13.2. The average molecular weight is 592 g/mol. The van der Waals surface area contributed by atoms with Crippen molar-refractivity contribution in [2.24, 2.45) is 0 Å². The van der Waals surface area contributed by atoms with Crippen LogP contribution in [0.4, 0.5) is 11.4 Å². The average Bonchev–Trinajstić information content (AvgIpc) is 3.45. The number of nitro groups is 2. The van der Waals surface area contributed by atoms with E-state index in [1.807, 2.05) is 0 Å². The highest BCUT2D eigenvalue weighted by atomic mass is 16.6. The van der Waals surface area contributed by atoms with Gasteiger partial charge in [0.1, 0.15) is 11.5 Å². The number of nitrogens with one attached hydrogen (secondary N) is 1. The van der Waals surface area contributed by atoms with Crippen LogP contribution in [0.15, 0.2) is 66.7 Å². The number of phenolic OH excluding ortho intramolecular Hbond substituents is 1. The van der Waals surface area contributed by atoms with Crippen LogP contribution in [0.25, 0.3) is 0 Å². The Morgan fingerprint density at radius 1 is 0.930 bits per heavy atom. The van der Waals surface area contributed by atoms with Gasteiger partial charge >= 0.3 is 11.9 Å². The van der Waals surface area contributed by atoms with Crippen molar-refractivity contribution in [1.29, 1.82) is 0 Å². The van der Waals surface area contributed by atoms with E-state index < -0.39 is 62.1 Å². The predicted molar refractivity (Wildman–Crippen MR) is 147 cm³/mol. The third-order valence-electron chi connectivity index (χ3n) is 7.59. The number of Topliss-reactive ketones (excluding diaryl/α,β-unsaturated/α-hetero) is 1. The Balaban J connectivity index is 1.89. The van der Waals surface area contributed by atoms with Crippen molar-refractivity contribution in [2.45, 2.75) is 36.9 Å². The summed E-state index contributed by atoms with van der Waals surface area (Å²) in [5.74, 6) is -5.07. The number of esters is 2. The van der Waals surface area contributed by atoms with Crippen molar-refractivity contribution >= 4 is 29.1 Å². The number of rotatable bonds is 8. The molecule has 0 saturated carbocycles. The first-order valence-electron chi connectivity index (χ1n) is 13.2. The number of benzene rings is 3. The lowest BCUT2D eigenvalue weighted by Crippen LogP contribution is -2.61. The Labute approximate surface area is 243 Å². The SMILES string of the molecule is CCOC(=O)C1(C(=O)OCC)N[C@H](c2cc([N+](=O)[O-])ccc2O)[C@]2(Oc3ccccc3C2=O)[C@@H]1c1ccc([N+](=O)[O-])cc1. The van der Waals surface area contributed by atoms with Gasteiger partial charge in [-0.2, -0.15) is 0 Å². The summed E-state index contributed by atoms with van der Waals surface area (Å²) in [6.45, 7) is 2.62. The van der Waals surface area contributed by atoms with Crippen LogP contribution in [-0.4, -0.2) is 57.0 Å². The van der Waals surface area contributed by atoms with Crippen molar-refractivity contribution in [3.8, 4) is 11.5 Å². The van der Waals surface area contributed by atoms with Crippen LogP contribution >= 0.6 is 0 Å². The van der Waals surface area contributed by atoms with Gasteiger partial charge in [0, 0.05) is 29.8 Å². The molecule has 2 aliphatic heterocycles. The maximum Gasteiger partial charge on any atom is 0.338 e. The van der Waals surface area contributed by atoms with Gasteiger partial charge in [0.05, 0.1) is 40.6 Å². The summed E-state index contributed by atoms with van der Waals surface area (Å²) in [4.78, 5) is 64.3. The van der Waals surface area contributed by atoms with Gasteiger partial charge in [-0.15, -0.1) is 0 Å². The monoisotopic (exact) mass is 591 g/mol. The normalized spacial score (nSPS) is 21.6. The molecule has 2 aliphatic rings. The molecule has 3 aromatic rings. The third-order valence-corrected chi connectivity index (χ3v) is 7.59. The van der Waals surface area contributed by atoms with Crippen molar-refractivity contribution in [3.63, 3.8) is 0 Å². The van der Waals surface area contributed by atoms with Crippen LogP contribution < -0.4 is 10.1 Å². The number of nitro benzene ring substituents is 2. The molecule has 3 atom stereocenters. The molecule has 0 aromatic heterocycles. The van der Waals surface area contributed by atoms with Crippen molar-refractivity contribution in [2.75, 3.05) is 13.2 Å². The van der Waals surface area contributed by atoms with Gasteiger partial charge in [0.25, 0.3) is 11.4 Å². The van der Waals surface area contributed by atoms with Crippen LogP contribution in [-0.2, 0) is 19.1 Å². The minimum Gasteiger partial charge on any atom is -0.508 e. The quantitative estimate of drug-likeness (QED) is 0.168. The Morgan fingerprint density at radius 3 is 2.07 bits per heavy atom. The largest absolute Gasteiger partial charge is 0.508 e. The molecule has 0 bridgehead atoms. The van der Waals surface area contributed by atoms with Gasteiger partial charge in [-0.05, 0) is 37.6 Å². The Kier molecular flexibility index (Phi) is 7.31. The van der Waals surface area contributed by atoms with Gasteiger partial charge < -0.3 is 19.3 Å². The highest BCUT2D eigenvalue weighted by Gasteiger charge is 2.77. The van der Waals surface area contributed by atoms with Crippen molar-refractivity contribution in [1.82, 2.24) is 5.32 Å². The fourth-order valence-electron chi connectivity index (χ4n) is 5.88. The molecule has 0 amide bonds. The summed E-state index contributed by atoms with van der Waals surface area (Å²) < 4.78 is 17.1. The van der Waals surface area contributed by atoms with E-state index in [1.165, 1.54) is 38.1 Å². The number of phenols is 1. The Morgan fingerprint density at radius 2 is 1.51 bits per heavy atom. The molecule has 222 valence electrons. The molecule has 0 unspecified atom stereocenters. The van der Waals surface area contributed by atoms with Gasteiger partial charge in [-0.1, -0.05) is 24.3 Å². The second-order valence-corrected chi connectivity index (χ2v) is 9.83. The summed E-state index contributed by atoms with van der Waals surface area (Å²) >= 11 is 0. The number of carbonyl (C=O) groups is 3. The third kappa shape index (κ3) is 4.34. The highest BCUT2D eigenvalue weighted by Crippen LogP contribution is 2.60. The van der Waals surface area contributed by atoms with E-state index in [2.05, 4.69) is 5.32 Å². The molecule has 43 heavy (non-hydrogen) atoms. The lowest BCUT2D eigenvalue weighted by Gasteiger charge is -2.37. The zero-order valence-corrected chi connectivity index (χ0v) is 22.8. The lowest BCUT2D eigenvalue weighted by molar-refractivity contribution is -0.385. The summed E-state index contributed by atoms with van der Waals surface area (Å²) in [6.07, 6.45) is 0. The number of aromatic hydroxyl groups is 1. The smallest absolute Gasteiger partial charge is 0.338 e. The number of carbonyl (C=O) groups excluding carboxylic acids is 3. The highest BCUT2D eigenvalue weighted by molar-refractivity contribution is 6.14. The molecule has 2 heterocycles. The minimum atomic E-state index is -2.53. The molecule has 1 fully saturated rings. The molecule has 0 aliphatic carbocycles. The fraction of sp³-hybridized carbons (Fsp3) is 0.276. The molecular formula is C29H25N3O11. The van der Waals surface area contributed by atoms with Gasteiger partial charge in [0.15, 0.2) is 0 Å². The molecule has 14 nitrogen and oxygen atoms in total. The first kappa shape index (κ1) is 29.1. The van der Waals surface area contributed by atoms with E-state index in [-0.39, 0.29) is 41.3 Å². The number of non-ortho nitro benzene ring substituents is 2. The van der Waals surface area contributed by atoms with Crippen LogP contribution in [0.5, 0.6) is 11.5 Å². The summed E-state index contributed by atoms with van der Waals surface area (Å²) in [6, 6.07) is 12.5. The summed E-state index contributed by atoms with van der Waals surface area (Å²) in [7, 11) is 0. The van der Waals surface area contributed by atoms with E-state index in [1.54, 1.807) is 12.1 Å². The van der Waals surface area contributed by atoms with E-state index in [0.717, 1.165) is 30.3 Å². The number of ketones is 1. The molecule has 3 aromatic carbocycles. The van der Waals surface area contributed by atoms with Gasteiger partial charge in [-0.25, -0.2) is 9.59 Å². The molecule has 0 radical (unpaired) electrons. The first-order chi connectivity index (χ1) is 20.5. The summed E-state index contributed by atoms with van der Waals surface area (Å²) in [5.41, 5.74) is -5.62. The Bertz CT molecular complexity index is 1640.